The summed E-state index contributed by atoms with van der Waals surface area (Å²) in [6, 6.07) is 0.0415. The second-order valence-corrected chi connectivity index (χ2v) is 7.70. The Hall–Kier alpha value is -0.880. The molecule has 6 heteroatoms. The minimum atomic E-state index is -2.80. The lowest BCUT2D eigenvalue weighted by Gasteiger charge is -2.19. The Bertz CT molecular complexity index is 536. The number of rotatable bonds is 1. The van der Waals surface area contributed by atoms with Gasteiger partial charge < -0.3 is 10.3 Å². The Morgan fingerprint density at radius 3 is 2.67 bits per heavy atom. The first-order valence-electron chi connectivity index (χ1n) is 6.58. The van der Waals surface area contributed by atoms with Gasteiger partial charge in [-0.1, -0.05) is 0 Å². The van der Waals surface area contributed by atoms with E-state index in [0.717, 1.165) is 30.9 Å². The molecule has 3 heterocycles. The van der Waals surface area contributed by atoms with Gasteiger partial charge in [-0.05, 0) is 25.7 Å². The van der Waals surface area contributed by atoms with Gasteiger partial charge in [0.15, 0.2) is 0 Å². The van der Waals surface area contributed by atoms with Crippen molar-refractivity contribution >= 4 is 9.84 Å². The fourth-order valence-corrected chi connectivity index (χ4v) is 4.41. The molecule has 0 radical (unpaired) electrons. The summed E-state index contributed by atoms with van der Waals surface area (Å²) in [6.07, 6.45) is 5.58. The second-order valence-electron chi connectivity index (χ2n) is 5.39. The monoisotopic (exact) mass is 269 g/mol. The summed E-state index contributed by atoms with van der Waals surface area (Å²) in [6.45, 7) is 0.987. The van der Waals surface area contributed by atoms with Crippen molar-refractivity contribution < 1.29 is 8.42 Å². The van der Waals surface area contributed by atoms with Crippen molar-refractivity contribution in [3.63, 3.8) is 0 Å². The molecule has 18 heavy (non-hydrogen) atoms. The molecule has 100 valence electrons. The van der Waals surface area contributed by atoms with Crippen LogP contribution in [0.2, 0.25) is 0 Å². The molecule has 1 unspecified atom stereocenters. The molecular weight excluding hydrogens is 250 g/mol. The van der Waals surface area contributed by atoms with E-state index in [1.54, 1.807) is 0 Å². The minimum Gasteiger partial charge on any atom is -0.333 e. The molecule has 5 nitrogen and oxygen atoms in total. The van der Waals surface area contributed by atoms with Crippen molar-refractivity contribution in [2.75, 3.05) is 11.5 Å². The number of hydrogen-bond donors (Lipinski definition) is 1. The van der Waals surface area contributed by atoms with Crippen LogP contribution in [0.5, 0.6) is 0 Å². The van der Waals surface area contributed by atoms with Crippen LogP contribution in [0.4, 0.5) is 0 Å². The van der Waals surface area contributed by atoms with Gasteiger partial charge in [0.1, 0.15) is 15.7 Å². The number of aryl methyl sites for hydroxylation is 1. The van der Waals surface area contributed by atoms with Gasteiger partial charge in [-0.15, -0.1) is 0 Å². The molecule has 1 aromatic rings. The molecule has 0 amide bonds. The van der Waals surface area contributed by atoms with Crippen molar-refractivity contribution in [3.05, 3.63) is 17.7 Å². The van der Waals surface area contributed by atoms with Gasteiger partial charge >= 0.3 is 0 Å². The van der Waals surface area contributed by atoms with Gasteiger partial charge in [0, 0.05) is 18.7 Å². The van der Waals surface area contributed by atoms with E-state index in [0.29, 0.717) is 30.3 Å². The second kappa shape index (κ2) is 4.35. The Labute approximate surface area is 107 Å². The molecule has 1 saturated heterocycles. The summed E-state index contributed by atoms with van der Waals surface area (Å²) in [5.41, 5.74) is 7.09. The van der Waals surface area contributed by atoms with Gasteiger partial charge in [-0.3, -0.25) is 0 Å². The van der Waals surface area contributed by atoms with Crippen molar-refractivity contribution in [1.29, 1.82) is 0 Å². The zero-order chi connectivity index (χ0) is 12.8. The summed E-state index contributed by atoms with van der Waals surface area (Å²) in [7, 11) is -2.80. The molecule has 0 bridgehead atoms. The third-order valence-corrected chi connectivity index (χ3v) is 5.76. The molecule has 1 fully saturated rings. The molecule has 0 aromatic carbocycles. The molecule has 3 rings (SSSR count). The number of aromatic nitrogens is 2. The van der Waals surface area contributed by atoms with Crippen molar-refractivity contribution in [2.45, 2.75) is 44.2 Å². The predicted octanol–water partition coefficient (Wildman–Crippen LogP) is 0.969. The van der Waals surface area contributed by atoms with Crippen LogP contribution in [-0.2, 0) is 16.4 Å². The van der Waals surface area contributed by atoms with E-state index >= 15 is 0 Å². The summed E-state index contributed by atoms with van der Waals surface area (Å²) >= 11 is 0. The average Bonchev–Trinajstić information content (AvgIpc) is 2.74. The normalized spacial score (nSPS) is 27.9. The van der Waals surface area contributed by atoms with Crippen LogP contribution in [0, 0.1) is 0 Å². The minimum absolute atomic E-state index is 0.0415. The lowest BCUT2D eigenvalue weighted by atomic mass is 10.00. The molecule has 2 aliphatic rings. The predicted molar refractivity (Wildman–Crippen MR) is 69.0 cm³/mol. The summed E-state index contributed by atoms with van der Waals surface area (Å²) in [4.78, 5) is 4.65. The highest BCUT2D eigenvalue weighted by Gasteiger charge is 2.28. The Kier molecular flexibility index (Phi) is 2.94. The van der Waals surface area contributed by atoms with Crippen LogP contribution in [0.1, 0.15) is 49.2 Å². The number of fused-ring (bicyclic) bond motifs is 1. The highest BCUT2D eigenvalue weighted by atomic mass is 32.2. The van der Waals surface area contributed by atoms with E-state index in [2.05, 4.69) is 15.7 Å². The number of imidazole rings is 1. The zero-order valence-corrected chi connectivity index (χ0v) is 11.2. The van der Waals surface area contributed by atoms with E-state index in [4.69, 9.17) is 5.73 Å². The Morgan fingerprint density at radius 2 is 2.00 bits per heavy atom. The van der Waals surface area contributed by atoms with Gasteiger partial charge in [0.2, 0.25) is 0 Å². The Balaban J connectivity index is 1.82. The molecule has 2 aliphatic heterocycles. The molecule has 1 atom stereocenters. The lowest BCUT2D eigenvalue weighted by Crippen LogP contribution is -2.22. The van der Waals surface area contributed by atoms with Crippen molar-refractivity contribution in [1.82, 2.24) is 9.55 Å². The third-order valence-electron chi connectivity index (χ3n) is 4.04. The lowest BCUT2D eigenvalue weighted by molar-refractivity contribution is 0.451. The number of hydrogen-bond acceptors (Lipinski definition) is 4. The molecule has 0 aliphatic carbocycles. The third kappa shape index (κ3) is 2.19. The Morgan fingerprint density at radius 1 is 1.28 bits per heavy atom. The van der Waals surface area contributed by atoms with Crippen LogP contribution < -0.4 is 5.73 Å². The molecule has 0 saturated carbocycles. The van der Waals surface area contributed by atoms with Crippen LogP contribution in [0.25, 0.3) is 0 Å². The average molecular weight is 269 g/mol. The quantitative estimate of drug-likeness (QED) is 0.824. The maximum atomic E-state index is 11.4. The summed E-state index contributed by atoms with van der Waals surface area (Å²) < 4.78 is 25.0. The highest BCUT2D eigenvalue weighted by molar-refractivity contribution is 7.91. The van der Waals surface area contributed by atoms with E-state index < -0.39 is 9.84 Å². The van der Waals surface area contributed by atoms with Gasteiger partial charge in [-0.25, -0.2) is 13.4 Å². The molecular formula is C12H19N3O2S. The van der Waals surface area contributed by atoms with Gasteiger partial charge in [0.05, 0.1) is 23.2 Å². The fraction of sp³-hybridized carbons (Fsp3) is 0.750. The summed E-state index contributed by atoms with van der Waals surface area (Å²) in [5.74, 6) is 1.86. The first-order chi connectivity index (χ1) is 8.55. The molecule has 0 spiro atoms. The van der Waals surface area contributed by atoms with Crippen LogP contribution in [-0.4, -0.2) is 29.5 Å². The maximum absolute atomic E-state index is 11.4. The smallest absolute Gasteiger partial charge is 0.150 e. The van der Waals surface area contributed by atoms with E-state index in [1.807, 2.05) is 0 Å². The number of sulfone groups is 1. The molecule has 1 aromatic heterocycles. The first kappa shape index (κ1) is 12.2. The van der Waals surface area contributed by atoms with E-state index in [9.17, 15) is 8.42 Å². The maximum Gasteiger partial charge on any atom is 0.150 e. The highest BCUT2D eigenvalue weighted by Crippen LogP contribution is 2.31. The van der Waals surface area contributed by atoms with Crippen molar-refractivity contribution in [3.8, 4) is 0 Å². The van der Waals surface area contributed by atoms with Gasteiger partial charge in [0.25, 0.3) is 0 Å². The summed E-state index contributed by atoms with van der Waals surface area (Å²) in [5, 5.41) is 0. The number of nitrogens with two attached hydrogens (primary N) is 1. The topological polar surface area (TPSA) is 78.0 Å². The number of nitrogens with zero attached hydrogens (tertiary/aromatic N) is 2. The van der Waals surface area contributed by atoms with Crippen molar-refractivity contribution in [2.24, 2.45) is 5.73 Å². The van der Waals surface area contributed by atoms with Crippen LogP contribution in [0.15, 0.2) is 6.20 Å². The van der Waals surface area contributed by atoms with E-state index in [1.165, 1.54) is 0 Å². The SMILES string of the molecule is NC1CCCn2cc(C3CCS(=O)(=O)CC3)nc21. The van der Waals surface area contributed by atoms with Crippen LogP contribution in [0.3, 0.4) is 0 Å². The van der Waals surface area contributed by atoms with Crippen LogP contribution >= 0.6 is 0 Å². The van der Waals surface area contributed by atoms with Gasteiger partial charge in [-0.2, -0.15) is 0 Å². The fourth-order valence-electron chi connectivity index (χ4n) is 2.92. The standard InChI is InChI=1S/C12H19N3O2S/c13-10-2-1-5-15-8-11(14-12(10)15)9-3-6-18(16,17)7-4-9/h8-10H,1-7,13H2. The van der Waals surface area contributed by atoms with E-state index in [-0.39, 0.29) is 6.04 Å². The molecule has 2 N–H and O–H groups in total. The zero-order valence-electron chi connectivity index (χ0n) is 10.4. The first-order valence-corrected chi connectivity index (χ1v) is 8.40. The largest absolute Gasteiger partial charge is 0.333 e.